The molecule has 14 heavy (non-hydrogen) atoms. The lowest BCUT2D eigenvalue weighted by atomic mass is 10.2. The molecule has 3 nitrogen and oxygen atoms in total. The molecule has 0 saturated heterocycles. The molecule has 3 heteroatoms. The van der Waals surface area contributed by atoms with Crippen molar-refractivity contribution in [3.63, 3.8) is 0 Å². The average Bonchev–Trinajstić information content (AvgIpc) is 2.18. The SMILES string of the molecule is C=C/C=C1/OC(=O)c2ccccc2O1. The quantitative estimate of drug-likeness (QED) is 0.634. The van der Waals surface area contributed by atoms with Crippen molar-refractivity contribution in [2.75, 3.05) is 0 Å². The molecule has 0 amide bonds. The average molecular weight is 188 g/mol. The van der Waals surface area contributed by atoms with E-state index in [1.165, 1.54) is 12.2 Å². The van der Waals surface area contributed by atoms with Crippen LogP contribution >= 0.6 is 0 Å². The van der Waals surface area contributed by atoms with E-state index in [2.05, 4.69) is 6.58 Å². The summed E-state index contributed by atoms with van der Waals surface area (Å²) in [4.78, 5) is 11.4. The Morgan fingerprint density at radius 1 is 1.21 bits per heavy atom. The first-order valence-corrected chi connectivity index (χ1v) is 4.13. The van der Waals surface area contributed by atoms with Gasteiger partial charge in [0.25, 0.3) is 5.95 Å². The Labute approximate surface area is 81.3 Å². The summed E-state index contributed by atoms with van der Waals surface area (Å²) in [6.07, 6.45) is 2.99. The van der Waals surface area contributed by atoms with Crippen LogP contribution in [0.3, 0.4) is 0 Å². The Hall–Kier alpha value is -2.03. The summed E-state index contributed by atoms with van der Waals surface area (Å²) in [7, 11) is 0. The van der Waals surface area contributed by atoms with Gasteiger partial charge in [-0.3, -0.25) is 0 Å². The largest absolute Gasteiger partial charge is 0.425 e. The van der Waals surface area contributed by atoms with E-state index in [1.807, 2.05) is 0 Å². The van der Waals surface area contributed by atoms with Gasteiger partial charge >= 0.3 is 5.97 Å². The minimum Gasteiger partial charge on any atom is -0.425 e. The Morgan fingerprint density at radius 2 is 2.00 bits per heavy atom. The van der Waals surface area contributed by atoms with Gasteiger partial charge in [0.1, 0.15) is 11.3 Å². The number of cyclic esters (lactones) is 1. The zero-order chi connectivity index (χ0) is 9.97. The first-order valence-electron chi connectivity index (χ1n) is 4.13. The van der Waals surface area contributed by atoms with E-state index < -0.39 is 5.97 Å². The topological polar surface area (TPSA) is 35.5 Å². The summed E-state index contributed by atoms with van der Waals surface area (Å²) in [5.74, 6) is 0.264. The molecule has 0 N–H and O–H groups in total. The van der Waals surface area contributed by atoms with Gasteiger partial charge in [0.2, 0.25) is 0 Å². The standard InChI is InChI=1S/C11H8O3/c1-2-5-10-13-9-7-4-3-6-8(9)11(12)14-10/h2-7H,1H2/b10-5+. The lowest BCUT2D eigenvalue weighted by molar-refractivity contribution is 0.0409. The molecule has 0 bridgehead atoms. The van der Waals surface area contributed by atoms with Crippen LogP contribution in [0, 0.1) is 0 Å². The zero-order valence-corrected chi connectivity index (χ0v) is 7.40. The molecule has 1 heterocycles. The highest BCUT2D eigenvalue weighted by atomic mass is 16.7. The van der Waals surface area contributed by atoms with Crippen molar-refractivity contribution in [2.45, 2.75) is 0 Å². The molecule has 1 aliphatic rings. The molecule has 0 fully saturated rings. The molecule has 0 radical (unpaired) electrons. The van der Waals surface area contributed by atoms with Gasteiger partial charge in [-0.15, -0.1) is 0 Å². The molecule has 1 aromatic rings. The summed E-state index contributed by atoms with van der Waals surface area (Å²) in [6, 6.07) is 6.92. The van der Waals surface area contributed by atoms with Crippen LogP contribution < -0.4 is 4.74 Å². The molecular formula is C11H8O3. The molecule has 70 valence electrons. The molecule has 0 atom stereocenters. The highest BCUT2D eigenvalue weighted by Crippen LogP contribution is 2.26. The summed E-state index contributed by atoms with van der Waals surface area (Å²) < 4.78 is 10.2. The van der Waals surface area contributed by atoms with Crippen LogP contribution in [0.25, 0.3) is 0 Å². The van der Waals surface area contributed by atoms with Gasteiger partial charge < -0.3 is 9.47 Å². The number of carbonyl (C=O) groups is 1. The Bertz CT molecular complexity index is 418. The third-order valence-corrected chi connectivity index (χ3v) is 1.76. The van der Waals surface area contributed by atoms with Crippen LogP contribution in [-0.4, -0.2) is 5.97 Å². The molecule has 2 rings (SSSR count). The Balaban J connectivity index is 2.43. The summed E-state index contributed by atoms with van der Waals surface area (Å²) >= 11 is 0. The Kier molecular flexibility index (Phi) is 2.07. The number of allylic oxidation sites excluding steroid dienone is 2. The minimum absolute atomic E-state index is 0.156. The third kappa shape index (κ3) is 1.40. The second-order valence-electron chi connectivity index (χ2n) is 2.71. The molecular weight excluding hydrogens is 180 g/mol. The fourth-order valence-electron chi connectivity index (χ4n) is 1.16. The molecule has 0 saturated carbocycles. The summed E-state index contributed by atoms with van der Waals surface area (Å²) in [6.45, 7) is 3.49. The molecule has 0 aromatic heterocycles. The van der Waals surface area contributed by atoms with Crippen molar-refractivity contribution >= 4 is 5.97 Å². The second kappa shape index (κ2) is 3.38. The number of rotatable bonds is 1. The monoisotopic (exact) mass is 188 g/mol. The van der Waals surface area contributed by atoms with Crippen molar-refractivity contribution in [2.24, 2.45) is 0 Å². The highest BCUT2D eigenvalue weighted by Gasteiger charge is 2.22. The number of hydrogen-bond acceptors (Lipinski definition) is 3. The molecule has 1 aliphatic heterocycles. The highest BCUT2D eigenvalue weighted by molar-refractivity contribution is 5.94. The molecule has 1 aromatic carbocycles. The maximum absolute atomic E-state index is 11.4. The van der Waals surface area contributed by atoms with E-state index in [0.29, 0.717) is 11.3 Å². The smallest absolute Gasteiger partial charge is 0.349 e. The second-order valence-corrected chi connectivity index (χ2v) is 2.71. The predicted molar refractivity (Wildman–Crippen MR) is 50.8 cm³/mol. The number of esters is 1. The fraction of sp³-hybridized carbons (Fsp3) is 0. The van der Waals surface area contributed by atoms with E-state index in [-0.39, 0.29) is 5.95 Å². The maximum atomic E-state index is 11.4. The van der Waals surface area contributed by atoms with E-state index >= 15 is 0 Å². The van der Waals surface area contributed by atoms with Crippen LogP contribution in [0.5, 0.6) is 5.75 Å². The van der Waals surface area contributed by atoms with E-state index in [1.54, 1.807) is 24.3 Å². The van der Waals surface area contributed by atoms with Crippen LogP contribution in [0.2, 0.25) is 0 Å². The fourth-order valence-corrected chi connectivity index (χ4v) is 1.16. The maximum Gasteiger partial charge on any atom is 0.349 e. The van der Waals surface area contributed by atoms with Gasteiger partial charge in [-0.25, -0.2) is 4.79 Å². The summed E-state index contributed by atoms with van der Waals surface area (Å²) in [5, 5.41) is 0. The number of para-hydroxylation sites is 1. The van der Waals surface area contributed by atoms with Gasteiger partial charge in [0.05, 0.1) is 0 Å². The van der Waals surface area contributed by atoms with Gasteiger partial charge in [0, 0.05) is 6.08 Å². The van der Waals surface area contributed by atoms with Crippen LogP contribution in [-0.2, 0) is 4.74 Å². The predicted octanol–water partition coefficient (Wildman–Crippen LogP) is 2.26. The van der Waals surface area contributed by atoms with Crippen LogP contribution in [0.4, 0.5) is 0 Å². The first kappa shape index (κ1) is 8.56. The minimum atomic E-state index is -0.403. The van der Waals surface area contributed by atoms with Crippen molar-refractivity contribution in [3.8, 4) is 5.75 Å². The van der Waals surface area contributed by atoms with Gasteiger partial charge in [-0.05, 0) is 12.1 Å². The Morgan fingerprint density at radius 3 is 2.79 bits per heavy atom. The number of ether oxygens (including phenoxy) is 2. The van der Waals surface area contributed by atoms with Gasteiger partial charge in [-0.2, -0.15) is 0 Å². The molecule has 0 spiro atoms. The van der Waals surface area contributed by atoms with Crippen LogP contribution in [0.15, 0.2) is 48.9 Å². The lowest BCUT2D eigenvalue weighted by Crippen LogP contribution is -2.16. The van der Waals surface area contributed by atoms with Gasteiger partial charge in [0.15, 0.2) is 0 Å². The molecule has 0 aliphatic carbocycles. The normalized spacial score (nSPS) is 16.9. The third-order valence-electron chi connectivity index (χ3n) is 1.76. The molecule has 0 unspecified atom stereocenters. The van der Waals surface area contributed by atoms with E-state index in [4.69, 9.17) is 9.47 Å². The number of benzene rings is 1. The first-order chi connectivity index (χ1) is 6.81. The van der Waals surface area contributed by atoms with Crippen molar-refractivity contribution in [3.05, 3.63) is 54.5 Å². The zero-order valence-electron chi connectivity index (χ0n) is 7.40. The lowest BCUT2D eigenvalue weighted by Gasteiger charge is -2.17. The van der Waals surface area contributed by atoms with Crippen molar-refractivity contribution < 1.29 is 14.3 Å². The summed E-state index contributed by atoms with van der Waals surface area (Å²) in [5.41, 5.74) is 0.439. The van der Waals surface area contributed by atoms with Crippen molar-refractivity contribution in [1.82, 2.24) is 0 Å². The number of fused-ring (bicyclic) bond motifs is 1. The van der Waals surface area contributed by atoms with Crippen LogP contribution in [0.1, 0.15) is 10.4 Å². The number of hydrogen-bond donors (Lipinski definition) is 0. The number of carbonyl (C=O) groups excluding carboxylic acids is 1. The van der Waals surface area contributed by atoms with E-state index in [0.717, 1.165) is 0 Å². The van der Waals surface area contributed by atoms with Crippen molar-refractivity contribution in [1.29, 1.82) is 0 Å². The van der Waals surface area contributed by atoms with E-state index in [9.17, 15) is 4.79 Å². The van der Waals surface area contributed by atoms with Gasteiger partial charge in [-0.1, -0.05) is 24.8 Å².